The van der Waals surface area contributed by atoms with Crippen molar-refractivity contribution in [3.63, 3.8) is 0 Å². The Hall–Kier alpha value is -2.88. The van der Waals surface area contributed by atoms with E-state index in [0.29, 0.717) is 12.6 Å². The van der Waals surface area contributed by atoms with Gasteiger partial charge in [-0.2, -0.15) is 0 Å². The van der Waals surface area contributed by atoms with E-state index in [1.54, 1.807) is 16.7 Å². The van der Waals surface area contributed by atoms with Crippen LogP contribution in [0.5, 0.6) is 5.75 Å². The standard InChI is InChI=1S/C22H23F2N3O4S/c1-22(2,3)15-10-32-16-9-26-8-13(18(28)19(29)17(26)21(31)27(15)16)20(30)25-7-11-4-5-12(23)6-14(11)24/h4-6,8,15-16,29H,7,9-10H2,1-3H3,(H,25,30). The van der Waals surface area contributed by atoms with Gasteiger partial charge in [-0.25, -0.2) is 8.78 Å². The first-order valence-corrected chi connectivity index (χ1v) is 11.2. The molecule has 32 heavy (non-hydrogen) atoms. The number of nitrogens with one attached hydrogen (secondary N) is 1. The number of carbonyl (C=O) groups is 2. The van der Waals surface area contributed by atoms with Gasteiger partial charge in [-0.05, 0) is 11.5 Å². The second kappa shape index (κ2) is 7.91. The molecule has 0 bridgehead atoms. The molecule has 1 saturated heterocycles. The Labute approximate surface area is 187 Å². The third-order valence-corrected chi connectivity index (χ3v) is 7.11. The number of aromatic nitrogens is 1. The lowest BCUT2D eigenvalue weighted by Crippen LogP contribution is -2.52. The minimum absolute atomic E-state index is 0.0448. The van der Waals surface area contributed by atoms with Crippen molar-refractivity contribution in [3.05, 3.63) is 63.1 Å². The van der Waals surface area contributed by atoms with Crippen LogP contribution in [-0.2, 0) is 13.1 Å². The molecule has 0 spiro atoms. The number of rotatable bonds is 3. The molecule has 2 aliphatic heterocycles. The number of hydrogen-bond acceptors (Lipinski definition) is 5. The van der Waals surface area contributed by atoms with Crippen molar-refractivity contribution in [2.75, 3.05) is 5.75 Å². The summed E-state index contributed by atoms with van der Waals surface area (Å²) in [6, 6.07) is 2.90. The summed E-state index contributed by atoms with van der Waals surface area (Å²) >= 11 is 1.61. The van der Waals surface area contributed by atoms with Gasteiger partial charge in [-0.3, -0.25) is 14.4 Å². The van der Waals surface area contributed by atoms with Gasteiger partial charge in [0.05, 0.1) is 11.9 Å². The molecule has 1 aromatic carbocycles. The molecule has 1 fully saturated rings. The molecule has 2 atom stereocenters. The summed E-state index contributed by atoms with van der Waals surface area (Å²) in [6.45, 7) is 6.15. The molecule has 0 radical (unpaired) electrons. The molecule has 10 heteroatoms. The highest BCUT2D eigenvalue weighted by molar-refractivity contribution is 8.00. The van der Waals surface area contributed by atoms with E-state index in [1.807, 2.05) is 20.8 Å². The molecule has 4 rings (SSSR count). The fourth-order valence-corrected chi connectivity index (χ4v) is 5.78. The Morgan fingerprint density at radius 3 is 2.66 bits per heavy atom. The third kappa shape index (κ3) is 3.76. The number of amides is 2. The number of pyridine rings is 1. The maximum atomic E-state index is 13.8. The minimum Gasteiger partial charge on any atom is -0.503 e. The molecule has 7 nitrogen and oxygen atoms in total. The molecule has 0 aliphatic carbocycles. The fourth-order valence-electron chi connectivity index (χ4n) is 4.05. The molecule has 2 aliphatic rings. The topological polar surface area (TPSA) is 91.6 Å². The maximum absolute atomic E-state index is 13.8. The van der Waals surface area contributed by atoms with Gasteiger partial charge in [0, 0.05) is 36.2 Å². The third-order valence-electron chi connectivity index (χ3n) is 5.84. The molecule has 1 aromatic heterocycles. The second-order valence-corrected chi connectivity index (χ2v) is 10.2. The zero-order chi connectivity index (χ0) is 23.4. The van der Waals surface area contributed by atoms with Crippen molar-refractivity contribution in [1.29, 1.82) is 0 Å². The quantitative estimate of drug-likeness (QED) is 0.731. The molecule has 170 valence electrons. The van der Waals surface area contributed by atoms with Crippen molar-refractivity contribution in [1.82, 2.24) is 14.8 Å². The Balaban J connectivity index is 1.63. The molecule has 2 aromatic rings. The predicted molar refractivity (Wildman–Crippen MR) is 116 cm³/mol. The molecular formula is C22H23F2N3O4S. The lowest BCUT2D eigenvalue weighted by Gasteiger charge is -2.40. The Morgan fingerprint density at radius 2 is 2.00 bits per heavy atom. The summed E-state index contributed by atoms with van der Waals surface area (Å²) in [5.41, 5.74) is -1.59. The van der Waals surface area contributed by atoms with Crippen LogP contribution in [-0.4, -0.2) is 43.6 Å². The second-order valence-electron chi connectivity index (χ2n) is 9.02. The zero-order valence-corrected chi connectivity index (χ0v) is 18.6. The molecular weight excluding hydrogens is 440 g/mol. The minimum atomic E-state index is -0.973. The van der Waals surface area contributed by atoms with E-state index < -0.39 is 34.6 Å². The summed E-state index contributed by atoms with van der Waals surface area (Å²) in [4.78, 5) is 40.2. The van der Waals surface area contributed by atoms with Gasteiger partial charge in [0.2, 0.25) is 5.43 Å². The van der Waals surface area contributed by atoms with Crippen molar-refractivity contribution in [2.45, 2.75) is 45.3 Å². The number of fused-ring (bicyclic) bond motifs is 2. The Kier molecular flexibility index (Phi) is 5.52. The van der Waals surface area contributed by atoms with Crippen molar-refractivity contribution < 1.29 is 23.5 Å². The normalized spacial score (nSPS) is 20.2. The first kappa shape index (κ1) is 22.3. The summed E-state index contributed by atoms with van der Waals surface area (Å²) in [5.74, 6) is -2.89. The van der Waals surface area contributed by atoms with E-state index in [4.69, 9.17) is 0 Å². The van der Waals surface area contributed by atoms with Crippen LogP contribution in [0.2, 0.25) is 0 Å². The highest BCUT2D eigenvalue weighted by Crippen LogP contribution is 2.42. The van der Waals surface area contributed by atoms with E-state index >= 15 is 0 Å². The lowest BCUT2D eigenvalue weighted by atomic mass is 9.86. The first-order chi connectivity index (χ1) is 15.0. The van der Waals surface area contributed by atoms with Crippen LogP contribution in [0.3, 0.4) is 0 Å². The van der Waals surface area contributed by atoms with E-state index in [0.717, 1.165) is 11.8 Å². The monoisotopic (exact) mass is 463 g/mol. The van der Waals surface area contributed by atoms with E-state index in [9.17, 15) is 28.3 Å². The van der Waals surface area contributed by atoms with E-state index in [2.05, 4.69) is 5.32 Å². The largest absolute Gasteiger partial charge is 0.503 e. The Bertz CT molecular complexity index is 1170. The van der Waals surface area contributed by atoms with Gasteiger partial charge in [-0.1, -0.05) is 26.8 Å². The molecule has 2 N–H and O–H groups in total. The zero-order valence-electron chi connectivity index (χ0n) is 17.8. The molecule has 0 saturated carbocycles. The van der Waals surface area contributed by atoms with Crippen LogP contribution in [0.25, 0.3) is 0 Å². The van der Waals surface area contributed by atoms with E-state index in [-0.39, 0.29) is 40.2 Å². The summed E-state index contributed by atoms with van der Waals surface area (Å²) < 4.78 is 28.3. The van der Waals surface area contributed by atoms with Crippen LogP contribution in [0.15, 0.2) is 29.2 Å². The Morgan fingerprint density at radius 1 is 1.28 bits per heavy atom. The van der Waals surface area contributed by atoms with Crippen molar-refractivity contribution >= 4 is 23.6 Å². The number of halogens is 2. The number of aromatic hydroxyl groups is 1. The average Bonchev–Trinajstić information content (AvgIpc) is 3.14. The number of benzene rings is 1. The van der Waals surface area contributed by atoms with Gasteiger partial charge in [0.25, 0.3) is 11.8 Å². The lowest BCUT2D eigenvalue weighted by molar-refractivity contribution is 0.0483. The van der Waals surface area contributed by atoms with Crippen LogP contribution >= 0.6 is 11.8 Å². The SMILES string of the molecule is CC(C)(C)C1CSC2Cn3cc(C(=O)NCc4ccc(F)cc4F)c(=O)c(O)c3C(=O)N21. The van der Waals surface area contributed by atoms with Gasteiger partial charge < -0.3 is 19.9 Å². The molecule has 3 heterocycles. The summed E-state index contributed by atoms with van der Waals surface area (Å²) in [6.07, 6.45) is 1.26. The highest BCUT2D eigenvalue weighted by Gasteiger charge is 2.47. The van der Waals surface area contributed by atoms with Gasteiger partial charge in [-0.15, -0.1) is 11.8 Å². The number of nitrogens with zero attached hydrogens (tertiary/aromatic N) is 2. The van der Waals surface area contributed by atoms with Crippen LogP contribution in [0, 0.1) is 17.0 Å². The van der Waals surface area contributed by atoms with Crippen molar-refractivity contribution in [3.8, 4) is 5.75 Å². The maximum Gasteiger partial charge on any atom is 0.275 e. The van der Waals surface area contributed by atoms with Crippen LogP contribution in [0.1, 0.15) is 47.2 Å². The van der Waals surface area contributed by atoms with E-state index in [1.165, 1.54) is 16.8 Å². The van der Waals surface area contributed by atoms with Crippen molar-refractivity contribution in [2.24, 2.45) is 5.41 Å². The number of carbonyl (C=O) groups excluding carboxylic acids is 2. The fraction of sp³-hybridized carbons (Fsp3) is 0.409. The molecule has 2 amide bonds. The van der Waals surface area contributed by atoms with Gasteiger partial charge in [0.1, 0.15) is 17.2 Å². The van der Waals surface area contributed by atoms with Crippen LogP contribution in [0.4, 0.5) is 8.78 Å². The smallest absolute Gasteiger partial charge is 0.275 e. The summed E-state index contributed by atoms with van der Waals surface area (Å²) in [7, 11) is 0. The number of thioether (sulfide) groups is 1. The summed E-state index contributed by atoms with van der Waals surface area (Å²) in [5, 5.41) is 12.8. The van der Waals surface area contributed by atoms with Gasteiger partial charge in [0.15, 0.2) is 11.4 Å². The first-order valence-electron chi connectivity index (χ1n) is 10.1. The highest BCUT2D eigenvalue weighted by atomic mass is 32.2. The average molecular weight is 464 g/mol. The molecule has 2 unspecified atom stereocenters. The number of hydrogen-bond donors (Lipinski definition) is 2. The van der Waals surface area contributed by atoms with Gasteiger partial charge >= 0.3 is 0 Å². The predicted octanol–water partition coefficient (Wildman–Crippen LogP) is 2.71. The van der Waals surface area contributed by atoms with Crippen LogP contribution < -0.4 is 10.7 Å².